The van der Waals surface area contributed by atoms with E-state index in [-0.39, 0.29) is 11.7 Å². The van der Waals surface area contributed by atoms with Crippen molar-refractivity contribution in [3.8, 4) is 5.75 Å². The Balaban J connectivity index is 2.24. The van der Waals surface area contributed by atoms with E-state index in [0.717, 1.165) is 13.1 Å². The van der Waals surface area contributed by atoms with Gasteiger partial charge in [-0.25, -0.2) is 0 Å². The van der Waals surface area contributed by atoms with Crippen LogP contribution in [-0.2, 0) is 6.54 Å². The molecule has 1 aliphatic rings. The normalized spacial score (nSPS) is 17.6. The number of nitrogens with one attached hydrogen (secondary N) is 1. The van der Waals surface area contributed by atoms with E-state index in [9.17, 15) is 4.79 Å². The van der Waals surface area contributed by atoms with Gasteiger partial charge in [-0.1, -0.05) is 6.92 Å². The van der Waals surface area contributed by atoms with Crippen molar-refractivity contribution in [1.29, 1.82) is 0 Å². The van der Waals surface area contributed by atoms with E-state index in [1.54, 1.807) is 18.0 Å². The first-order valence-corrected chi connectivity index (χ1v) is 6.03. The number of Topliss-reactive ketones (excluding diaryl/α,β-unsaturated/α-hetero) is 1. The number of hydrogen-bond acceptors (Lipinski definition) is 4. The predicted octanol–water partition coefficient (Wildman–Crippen LogP) is 0.950. The molecule has 1 N–H and O–H groups in total. The maximum Gasteiger partial charge on any atom is 0.187 e. The van der Waals surface area contributed by atoms with Crippen LogP contribution in [0.5, 0.6) is 5.75 Å². The predicted molar refractivity (Wildman–Crippen MR) is 64.3 cm³/mol. The number of aromatic nitrogens is 2. The molecule has 5 heteroatoms. The molecule has 17 heavy (non-hydrogen) atoms. The Morgan fingerprint density at radius 2 is 2.41 bits per heavy atom. The second-order valence-corrected chi connectivity index (χ2v) is 4.45. The number of ether oxygens (including phenoxy) is 1. The molecular formula is C12H19N3O2. The summed E-state index contributed by atoms with van der Waals surface area (Å²) in [6, 6.07) is 0. The lowest BCUT2D eigenvalue weighted by atomic mass is 9.84. The van der Waals surface area contributed by atoms with Crippen molar-refractivity contribution in [2.45, 2.75) is 20.4 Å². The van der Waals surface area contributed by atoms with Crippen molar-refractivity contribution in [3.63, 3.8) is 0 Å². The van der Waals surface area contributed by atoms with Gasteiger partial charge in [-0.15, -0.1) is 0 Å². The van der Waals surface area contributed by atoms with Gasteiger partial charge in [0.1, 0.15) is 5.69 Å². The van der Waals surface area contributed by atoms with Gasteiger partial charge in [-0.05, 0) is 25.9 Å². The molecule has 1 unspecified atom stereocenters. The standard InChI is InChI=1S/C12H19N3O2/c1-4-15-11(10(17-3)7-14-15)12(16)8(2)9-5-13-6-9/h7-9,13H,4-6H2,1-3H3. The topological polar surface area (TPSA) is 56.2 Å². The van der Waals surface area contributed by atoms with Gasteiger partial charge in [-0.3, -0.25) is 9.48 Å². The van der Waals surface area contributed by atoms with Gasteiger partial charge in [0.2, 0.25) is 0 Å². The van der Waals surface area contributed by atoms with E-state index < -0.39 is 0 Å². The highest BCUT2D eigenvalue weighted by Crippen LogP contribution is 2.26. The molecule has 0 bridgehead atoms. The number of nitrogens with zero attached hydrogens (tertiary/aromatic N) is 2. The number of rotatable bonds is 5. The zero-order valence-corrected chi connectivity index (χ0v) is 10.6. The minimum absolute atomic E-state index is 0.0205. The molecule has 1 aromatic heterocycles. The number of carbonyl (C=O) groups excluding carboxylic acids is 1. The molecule has 0 aromatic carbocycles. The van der Waals surface area contributed by atoms with Crippen LogP contribution in [0.4, 0.5) is 0 Å². The zero-order valence-electron chi connectivity index (χ0n) is 10.6. The largest absolute Gasteiger partial charge is 0.493 e. The maximum absolute atomic E-state index is 12.4. The number of ketones is 1. The summed E-state index contributed by atoms with van der Waals surface area (Å²) < 4.78 is 6.92. The summed E-state index contributed by atoms with van der Waals surface area (Å²) in [4.78, 5) is 12.4. The van der Waals surface area contributed by atoms with Crippen molar-refractivity contribution >= 4 is 5.78 Å². The van der Waals surface area contributed by atoms with Crippen molar-refractivity contribution in [3.05, 3.63) is 11.9 Å². The molecule has 94 valence electrons. The molecule has 0 spiro atoms. The van der Waals surface area contributed by atoms with Crippen LogP contribution in [0.1, 0.15) is 24.3 Å². The number of hydrogen-bond donors (Lipinski definition) is 1. The quantitative estimate of drug-likeness (QED) is 0.775. The molecule has 1 atom stereocenters. The minimum Gasteiger partial charge on any atom is -0.493 e. The first-order chi connectivity index (χ1) is 8.19. The monoisotopic (exact) mass is 237 g/mol. The lowest BCUT2D eigenvalue weighted by Crippen LogP contribution is -2.47. The Morgan fingerprint density at radius 3 is 2.88 bits per heavy atom. The Morgan fingerprint density at radius 1 is 1.71 bits per heavy atom. The highest BCUT2D eigenvalue weighted by molar-refractivity contribution is 5.98. The number of aryl methyl sites for hydroxylation is 1. The van der Waals surface area contributed by atoms with Gasteiger partial charge in [0.15, 0.2) is 11.5 Å². The van der Waals surface area contributed by atoms with Crippen molar-refractivity contribution < 1.29 is 9.53 Å². The Kier molecular flexibility index (Phi) is 3.47. The second kappa shape index (κ2) is 4.87. The molecular weight excluding hydrogens is 218 g/mol. The third-order valence-corrected chi connectivity index (χ3v) is 3.49. The summed E-state index contributed by atoms with van der Waals surface area (Å²) in [6.45, 7) is 6.49. The molecule has 2 rings (SSSR count). The first-order valence-electron chi connectivity index (χ1n) is 6.03. The Hall–Kier alpha value is -1.36. The van der Waals surface area contributed by atoms with Crippen LogP contribution in [-0.4, -0.2) is 35.8 Å². The summed E-state index contributed by atoms with van der Waals surface area (Å²) in [5.74, 6) is 1.17. The van der Waals surface area contributed by atoms with Gasteiger partial charge in [0.25, 0.3) is 0 Å². The van der Waals surface area contributed by atoms with Crippen molar-refractivity contribution in [2.75, 3.05) is 20.2 Å². The third kappa shape index (κ3) is 2.07. The molecule has 5 nitrogen and oxygen atoms in total. The van der Waals surface area contributed by atoms with Gasteiger partial charge in [0, 0.05) is 12.5 Å². The van der Waals surface area contributed by atoms with Crippen LogP contribution in [0.3, 0.4) is 0 Å². The number of methoxy groups -OCH3 is 1. The Bertz CT molecular complexity index is 388. The summed E-state index contributed by atoms with van der Waals surface area (Å²) in [6.07, 6.45) is 1.61. The molecule has 1 aromatic rings. The fourth-order valence-corrected chi connectivity index (χ4v) is 2.10. The van der Waals surface area contributed by atoms with Crippen LogP contribution in [0.15, 0.2) is 6.20 Å². The smallest absolute Gasteiger partial charge is 0.187 e. The molecule has 0 aliphatic carbocycles. The fraction of sp³-hybridized carbons (Fsp3) is 0.667. The van der Waals surface area contributed by atoms with Gasteiger partial charge in [-0.2, -0.15) is 5.10 Å². The SMILES string of the molecule is CCn1ncc(OC)c1C(=O)C(C)C1CNC1. The van der Waals surface area contributed by atoms with Gasteiger partial charge < -0.3 is 10.1 Å². The maximum atomic E-state index is 12.4. The molecule has 1 aliphatic heterocycles. The van der Waals surface area contributed by atoms with E-state index >= 15 is 0 Å². The Labute approximate surface area is 101 Å². The molecule has 1 saturated heterocycles. The fourth-order valence-electron chi connectivity index (χ4n) is 2.10. The summed E-state index contributed by atoms with van der Waals surface area (Å²) in [7, 11) is 1.57. The minimum atomic E-state index is 0.0205. The van der Waals surface area contributed by atoms with E-state index in [1.807, 2.05) is 13.8 Å². The average molecular weight is 237 g/mol. The molecule has 1 fully saturated rings. The van der Waals surface area contributed by atoms with Crippen LogP contribution < -0.4 is 10.1 Å². The summed E-state index contributed by atoms with van der Waals surface area (Å²) in [5.41, 5.74) is 0.606. The molecule has 0 saturated carbocycles. The van der Waals surface area contributed by atoms with Gasteiger partial charge >= 0.3 is 0 Å². The highest BCUT2D eigenvalue weighted by Gasteiger charge is 2.32. The molecule has 2 heterocycles. The second-order valence-electron chi connectivity index (χ2n) is 4.45. The van der Waals surface area contributed by atoms with Crippen molar-refractivity contribution in [2.24, 2.45) is 11.8 Å². The van der Waals surface area contributed by atoms with Crippen LogP contribution in [0.25, 0.3) is 0 Å². The van der Waals surface area contributed by atoms with Crippen LogP contribution >= 0.6 is 0 Å². The summed E-state index contributed by atoms with van der Waals surface area (Å²) in [5, 5.41) is 7.36. The van der Waals surface area contributed by atoms with E-state index in [0.29, 0.717) is 23.9 Å². The van der Waals surface area contributed by atoms with Crippen LogP contribution in [0, 0.1) is 11.8 Å². The number of carbonyl (C=O) groups is 1. The lowest BCUT2D eigenvalue weighted by molar-refractivity contribution is 0.0839. The third-order valence-electron chi connectivity index (χ3n) is 3.49. The lowest BCUT2D eigenvalue weighted by Gasteiger charge is -2.31. The van der Waals surface area contributed by atoms with Crippen LogP contribution in [0.2, 0.25) is 0 Å². The van der Waals surface area contributed by atoms with Gasteiger partial charge in [0.05, 0.1) is 13.3 Å². The average Bonchev–Trinajstić information content (AvgIpc) is 2.68. The molecule has 0 amide bonds. The zero-order chi connectivity index (χ0) is 12.4. The van der Waals surface area contributed by atoms with E-state index in [1.165, 1.54) is 0 Å². The molecule has 0 radical (unpaired) electrons. The van der Waals surface area contributed by atoms with Crippen molar-refractivity contribution in [1.82, 2.24) is 15.1 Å². The van der Waals surface area contributed by atoms with E-state index in [2.05, 4.69) is 10.4 Å². The highest BCUT2D eigenvalue weighted by atomic mass is 16.5. The van der Waals surface area contributed by atoms with E-state index in [4.69, 9.17) is 4.74 Å². The first kappa shape index (κ1) is 12.1. The summed E-state index contributed by atoms with van der Waals surface area (Å²) >= 11 is 0.